The van der Waals surface area contributed by atoms with Crippen LogP contribution >= 0.6 is 0 Å². The van der Waals surface area contributed by atoms with Crippen molar-refractivity contribution in [2.24, 2.45) is 5.41 Å². The van der Waals surface area contributed by atoms with Gasteiger partial charge in [-0.1, -0.05) is 30.3 Å². The van der Waals surface area contributed by atoms with Gasteiger partial charge in [-0.25, -0.2) is 0 Å². The van der Waals surface area contributed by atoms with E-state index < -0.39 is 0 Å². The van der Waals surface area contributed by atoms with E-state index in [1.165, 1.54) is 5.56 Å². The third-order valence-corrected chi connectivity index (χ3v) is 2.58. The Bertz CT molecular complexity index is 333. The second-order valence-corrected chi connectivity index (χ2v) is 4.55. The molecule has 0 unspecified atom stereocenters. The lowest BCUT2D eigenvalue weighted by atomic mass is 9.92. The van der Waals surface area contributed by atoms with Gasteiger partial charge in [-0.15, -0.1) is 0 Å². The van der Waals surface area contributed by atoms with Crippen LogP contribution in [-0.4, -0.2) is 19.5 Å². The number of carbonyl (C=O) groups is 1. The number of hydrogen-bond donors (Lipinski definition) is 2. The molecule has 1 rings (SSSR count). The standard InChI is InChI=1S/C13H20N2O/c1-13(2,12(16)14-3)10-15-9-11-7-5-4-6-8-11/h4-8,15H,9-10H2,1-3H3,(H,14,16). The van der Waals surface area contributed by atoms with Crippen molar-refractivity contribution in [1.29, 1.82) is 0 Å². The van der Waals surface area contributed by atoms with Gasteiger partial charge in [-0.05, 0) is 19.4 Å². The number of carbonyl (C=O) groups excluding carboxylic acids is 1. The minimum Gasteiger partial charge on any atom is -0.359 e. The lowest BCUT2D eigenvalue weighted by Gasteiger charge is -2.22. The van der Waals surface area contributed by atoms with E-state index in [2.05, 4.69) is 22.8 Å². The number of hydrogen-bond acceptors (Lipinski definition) is 2. The molecule has 1 amide bonds. The van der Waals surface area contributed by atoms with E-state index >= 15 is 0 Å². The van der Waals surface area contributed by atoms with Crippen LogP contribution in [0.25, 0.3) is 0 Å². The Labute approximate surface area is 97.2 Å². The van der Waals surface area contributed by atoms with Crippen LogP contribution in [0.3, 0.4) is 0 Å². The first kappa shape index (κ1) is 12.7. The van der Waals surface area contributed by atoms with E-state index in [-0.39, 0.29) is 11.3 Å². The zero-order valence-corrected chi connectivity index (χ0v) is 10.2. The monoisotopic (exact) mass is 220 g/mol. The molecular formula is C13H20N2O. The Morgan fingerprint density at radius 1 is 1.25 bits per heavy atom. The minimum absolute atomic E-state index is 0.0630. The first-order valence-electron chi connectivity index (χ1n) is 5.53. The highest BCUT2D eigenvalue weighted by Crippen LogP contribution is 2.13. The van der Waals surface area contributed by atoms with Crippen LogP contribution in [-0.2, 0) is 11.3 Å². The van der Waals surface area contributed by atoms with Crippen molar-refractivity contribution in [2.75, 3.05) is 13.6 Å². The molecule has 0 aliphatic rings. The fourth-order valence-electron chi connectivity index (χ4n) is 1.53. The molecule has 0 heterocycles. The average molecular weight is 220 g/mol. The van der Waals surface area contributed by atoms with Crippen molar-refractivity contribution < 1.29 is 4.79 Å². The summed E-state index contributed by atoms with van der Waals surface area (Å²) in [6.45, 7) is 5.33. The highest BCUT2D eigenvalue weighted by molar-refractivity contribution is 5.81. The summed E-state index contributed by atoms with van der Waals surface area (Å²) in [5, 5.41) is 5.97. The van der Waals surface area contributed by atoms with E-state index in [4.69, 9.17) is 0 Å². The molecule has 0 aliphatic heterocycles. The molecule has 0 aliphatic carbocycles. The van der Waals surface area contributed by atoms with Crippen molar-refractivity contribution in [2.45, 2.75) is 20.4 Å². The quantitative estimate of drug-likeness (QED) is 0.790. The number of benzene rings is 1. The molecular weight excluding hydrogens is 200 g/mol. The largest absolute Gasteiger partial charge is 0.359 e. The molecule has 0 spiro atoms. The van der Waals surface area contributed by atoms with Gasteiger partial charge in [0, 0.05) is 20.1 Å². The van der Waals surface area contributed by atoms with Crippen LogP contribution in [0.15, 0.2) is 30.3 Å². The maximum atomic E-state index is 11.5. The van der Waals surface area contributed by atoms with Crippen molar-refractivity contribution in [1.82, 2.24) is 10.6 Å². The maximum absolute atomic E-state index is 11.5. The Morgan fingerprint density at radius 3 is 2.44 bits per heavy atom. The molecule has 0 radical (unpaired) electrons. The lowest BCUT2D eigenvalue weighted by molar-refractivity contribution is -0.128. The van der Waals surface area contributed by atoms with Crippen LogP contribution in [0.1, 0.15) is 19.4 Å². The summed E-state index contributed by atoms with van der Waals surface area (Å²) in [5.74, 6) is 0.0630. The molecule has 3 heteroatoms. The summed E-state index contributed by atoms with van der Waals surface area (Å²) in [4.78, 5) is 11.5. The maximum Gasteiger partial charge on any atom is 0.226 e. The van der Waals surface area contributed by atoms with E-state index in [0.717, 1.165) is 6.54 Å². The molecule has 0 saturated carbocycles. The van der Waals surface area contributed by atoms with Gasteiger partial charge < -0.3 is 10.6 Å². The molecule has 3 nitrogen and oxygen atoms in total. The average Bonchev–Trinajstić information content (AvgIpc) is 2.29. The van der Waals surface area contributed by atoms with Gasteiger partial charge in [0.1, 0.15) is 0 Å². The molecule has 1 aromatic rings. The van der Waals surface area contributed by atoms with Gasteiger partial charge in [-0.3, -0.25) is 4.79 Å². The van der Waals surface area contributed by atoms with Crippen LogP contribution < -0.4 is 10.6 Å². The summed E-state index contributed by atoms with van der Waals surface area (Å²) >= 11 is 0. The SMILES string of the molecule is CNC(=O)C(C)(C)CNCc1ccccc1. The third-order valence-electron chi connectivity index (χ3n) is 2.58. The van der Waals surface area contributed by atoms with Gasteiger partial charge in [0.05, 0.1) is 5.41 Å². The van der Waals surface area contributed by atoms with E-state index in [0.29, 0.717) is 6.54 Å². The number of amides is 1. The number of nitrogens with one attached hydrogen (secondary N) is 2. The van der Waals surface area contributed by atoms with E-state index in [1.54, 1.807) is 7.05 Å². The topological polar surface area (TPSA) is 41.1 Å². The lowest BCUT2D eigenvalue weighted by Crippen LogP contribution is -2.41. The van der Waals surface area contributed by atoms with Gasteiger partial charge in [-0.2, -0.15) is 0 Å². The second kappa shape index (κ2) is 5.66. The Kier molecular flexibility index (Phi) is 4.50. The van der Waals surface area contributed by atoms with Crippen LogP contribution in [0, 0.1) is 5.41 Å². The molecule has 0 atom stereocenters. The Hall–Kier alpha value is -1.35. The van der Waals surface area contributed by atoms with E-state index in [9.17, 15) is 4.79 Å². The predicted molar refractivity (Wildman–Crippen MR) is 66.0 cm³/mol. The van der Waals surface area contributed by atoms with Crippen molar-refractivity contribution in [3.05, 3.63) is 35.9 Å². The highest BCUT2D eigenvalue weighted by Gasteiger charge is 2.25. The normalized spacial score (nSPS) is 11.2. The van der Waals surface area contributed by atoms with Gasteiger partial charge in [0.15, 0.2) is 0 Å². The summed E-state index contributed by atoms with van der Waals surface area (Å²) in [5.41, 5.74) is 0.860. The third kappa shape index (κ3) is 3.66. The fourth-order valence-corrected chi connectivity index (χ4v) is 1.53. The minimum atomic E-state index is -0.371. The molecule has 0 fully saturated rings. The predicted octanol–water partition coefficient (Wildman–Crippen LogP) is 1.55. The zero-order chi connectivity index (χ0) is 12.0. The van der Waals surface area contributed by atoms with Crippen LogP contribution in [0.5, 0.6) is 0 Å². The summed E-state index contributed by atoms with van der Waals surface area (Å²) in [6.07, 6.45) is 0. The molecule has 88 valence electrons. The zero-order valence-electron chi connectivity index (χ0n) is 10.2. The van der Waals surface area contributed by atoms with Crippen molar-refractivity contribution in [3.8, 4) is 0 Å². The molecule has 0 aromatic heterocycles. The van der Waals surface area contributed by atoms with Crippen molar-refractivity contribution >= 4 is 5.91 Å². The molecule has 16 heavy (non-hydrogen) atoms. The molecule has 1 aromatic carbocycles. The smallest absolute Gasteiger partial charge is 0.226 e. The first-order chi connectivity index (χ1) is 7.56. The van der Waals surface area contributed by atoms with E-state index in [1.807, 2.05) is 32.0 Å². The Morgan fingerprint density at radius 2 is 1.88 bits per heavy atom. The van der Waals surface area contributed by atoms with Gasteiger partial charge in [0.25, 0.3) is 0 Å². The Balaban J connectivity index is 2.38. The van der Waals surface area contributed by atoms with Crippen LogP contribution in [0.4, 0.5) is 0 Å². The second-order valence-electron chi connectivity index (χ2n) is 4.55. The summed E-state index contributed by atoms with van der Waals surface area (Å²) < 4.78 is 0. The van der Waals surface area contributed by atoms with Gasteiger partial charge >= 0.3 is 0 Å². The van der Waals surface area contributed by atoms with Gasteiger partial charge in [0.2, 0.25) is 5.91 Å². The number of rotatable bonds is 5. The summed E-state index contributed by atoms with van der Waals surface area (Å²) in [7, 11) is 1.67. The highest BCUT2D eigenvalue weighted by atomic mass is 16.2. The fraction of sp³-hybridized carbons (Fsp3) is 0.462. The molecule has 2 N–H and O–H groups in total. The molecule has 0 saturated heterocycles. The first-order valence-corrected chi connectivity index (χ1v) is 5.53. The van der Waals surface area contributed by atoms with Crippen LogP contribution in [0.2, 0.25) is 0 Å². The molecule has 0 bridgehead atoms. The summed E-state index contributed by atoms with van der Waals surface area (Å²) in [6, 6.07) is 10.2. The van der Waals surface area contributed by atoms with Crippen molar-refractivity contribution in [3.63, 3.8) is 0 Å².